The first-order valence-corrected chi connectivity index (χ1v) is 10.0. The molecule has 2 nitrogen and oxygen atoms in total. The van der Waals surface area contributed by atoms with Crippen molar-refractivity contribution >= 4 is 45.2 Å². The molecule has 32 heavy (non-hydrogen) atoms. The molecule has 4 aromatic rings. The Morgan fingerprint density at radius 3 is 1.78 bits per heavy atom. The van der Waals surface area contributed by atoms with Crippen LogP contribution < -0.4 is 22.2 Å². The molecule has 0 fully saturated rings. The minimum absolute atomic E-state index is 0. The number of benzene rings is 4. The molecule has 4 aromatic carbocycles. The van der Waals surface area contributed by atoms with Gasteiger partial charge in [-0.15, -0.1) is 0 Å². The maximum atomic E-state index is 13.7. The van der Waals surface area contributed by atoms with Crippen LogP contribution in [0.2, 0.25) is 0 Å². The van der Waals surface area contributed by atoms with Crippen LogP contribution in [-0.4, -0.2) is 44.2 Å². The van der Waals surface area contributed by atoms with Crippen LogP contribution in [0.1, 0.15) is 22.6 Å². The number of hydrogen-bond acceptors (Lipinski definition) is 2. The third kappa shape index (κ3) is 5.20. The molecular weight excluding hydrogens is 431 g/mol. The van der Waals surface area contributed by atoms with Crippen LogP contribution in [-0.2, 0) is 0 Å². The van der Waals surface area contributed by atoms with Crippen molar-refractivity contribution in [3.63, 3.8) is 0 Å². The van der Waals surface area contributed by atoms with E-state index in [0.29, 0.717) is 0 Å². The van der Waals surface area contributed by atoms with E-state index < -0.39 is 0 Å². The van der Waals surface area contributed by atoms with Gasteiger partial charge >= 0.3 is 23.1 Å². The van der Waals surface area contributed by atoms with E-state index in [1.807, 2.05) is 24.1 Å². The van der Waals surface area contributed by atoms with Crippen LogP contribution >= 0.6 is 0 Å². The fourth-order valence-electron chi connectivity index (χ4n) is 4.08. The Morgan fingerprint density at radius 1 is 0.719 bits per heavy atom. The van der Waals surface area contributed by atoms with Gasteiger partial charge in [-0.25, -0.2) is 4.39 Å². The summed E-state index contributed by atoms with van der Waals surface area (Å²) in [6.07, 6.45) is 0. The maximum absolute atomic E-state index is 13.7. The van der Waals surface area contributed by atoms with E-state index in [-0.39, 0.29) is 47.2 Å². The molecular formula is C27H26ClFMgN2. The van der Waals surface area contributed by atoms with Crippen LogP contribution in [0.4, 0.5) is 15.8 Å². The molecule has 0 aliphatic carbocycles. The molecule has 1 atom stereocenters. The summed E-state index contributed by atoms with van der Waals surface area (Å²) in [6.45, 7) is 0. The largest absolute Gasteiger partial charge is 2.00 e. The van der Waals surface area contributed by atoms with E-state index in [2.05, 4.69) is 86.7 Å². The van der Waals surface area contributed by atoms with E-state index in [9.17, 15) is 4.39 Å². The van der Waals surface area contributed by atoms with E-state index in [4.69, 9.17) is 0 Å². The topological polar surface area (TPSA) is 6.48 Å². The van der Waals surface area contributed by atoms with Crippen LogP contribution in [0.5, 0.6) is 0 Å². The smallest absolute Gasteiger partial charge is 1.00 e. The summed E-state index contributed by atoms with van der Waals surface area (Å²) < 4.78 is 13.7. The zero-order valence-electron chi connectivity index (χ0n) is 18.7. The summed E-state index contributed by atoms with van der Waals surface area (Å²) in [6, 6.07) is 28.1. The summed E-state index contributed by atoms with van der Waals surface area (Å²) in [4.78, 5) is 3.98. The van der Waals surface area contributed by atoms with Gasteiger partial charge in [0.25, 0.3) is 0 Å². The Kier molecular flexibility index (Phi) is 8.96. The third-order valence-electron chi connectivity index (χ3n) is 5.60. The van der Waals surface area contributed by atoms with Crippen molar-refractivity contribution in [3.8, 4) is 0 Å². The molecule has 0 saturated heterocycles. The first kappa shape index (κ1) is 26.0. The second-order valence-corrected chi connectivity index (χ2v) is 7.89. The minimum atomic E-state index is -0.223. The Morgan fingerprint density at radius 2 is 1.25 bits per heavy atom. The fraction of sp³-hybridized carbons (Fsp3) is 0.148. The molecule has 0 spiro atoms. The van der Waals surface area contributed by atoms with Crippen molar-refractivity contribution in [2.24, 2.45) is 0 Å². The molecule has 0 aliphatic heterocycles. The van der Waals surface area contributed by atoms with Gasteiger partial charge in [0.1, 0.15) is 5.82 Å². The molecule has 0 saturated carbocycles. The summed E-state index contributed by atoms with van der Waals surface area (Å²) >= 11 is 0. The first-order chi connectivity index (χ1) is 14.5. The van der Waals surface area contributed by atoms with E-state index in [1.165, 1.54) is 34.2 Å². The van der Waals surface area contributed by atoms with Crippen molar-refractivity contribution in [1.82, 2.24) is 0 Å². The van der Waals surface area contributed by atoms with Crippen molar-refractivity contribution in [2.75, 3.05) is 30.9 Å². The van der Waals surface area contributed by atoms with E-state index in [1.54, 1.807) is 0 Å². The number of rotatable bonds is 5. The molecule has 0 radical (unpaired) electrons. The van der Waals surface area contributed by atoms with Crippen molar-refractivity contribution < 1.29 is 16.8 Å². The molecule has 0 aromatic heterocycles. The van der Waals surface area contributed by atoms with Crippen LogP contribution in [0.25, 0.3) is 10.8 Å². The molecule has 5 heteroatoms. The standard InChI is InChI=1S/C27H26FN2.ClH.Mg/c1-29(2)22-15-11-20(12-16-22)27(19-9-13-21(28)14-10-19)25-17-18-26(30(3)4)24-8-6-5-7-23(24)25;;/h5-18,27H,1H2,2-4H3;1H;/q-1;;+2/p-1. The fourth-order valence-corrected chi connectivity index (χ4v) is 4.08. The van der Waals surface area contributed by atoms with Crippen LogP contribution in [0.15, 0.2) is 84.9 Å². The normalized spacial score (nSPS) is 11.3. The molecule has 0 N–H and O–H groups in total. The average molecular weight is 457 g/mol. The summed E-state index contributed by atoms with van der Waals surface area (Å²) in [7, 11) is 10.0. The SMILES string of the molecule is [CH2-]N(C)c1ccc(C(c2ccc(F)cc2)c2ccc(N(C)C)c3ccccc23)cc1.[Cl-].[Mg+2]. The third-order valence-corrected chi connectivity index (χ3v) is 5.60. The Hall–Kier alpha value is -2.27. The summed E-state index contributed by atoms with van der Waals surface area (Å²) in [5.74, 6) is -0.227. The van der Waals surface area contributed by atoms with Crippen molar-refractivity contribution in [1.29, 1.82) is 0 Å². The zero-order chi connectivity index (χ0) is 21.3. The van der Waals surface area contributed by atoms with Gasteiger partial charge in [-0.2, -0.15) is 0 Å². The van der Waals surface area contributed by atoms with Gasteiger partial charge in [-0.05, 0) is 59.5 Å². The molecule has 4 rings (SSSR count). The average Bonchev–Trinajstić information content (AvgIpc) is 2.75. The molecule has 0 amide bonds. The zero-order valence-corrected chi connectivity index (χ0v) is 20.9. The first-order valence-electron chi connectivity index (χ1n) is 10.0. The Bertz CT molecular complexity index is 1160. The second-order valence-electron chi connectivity index (χ2n) is 7.89. The van der Waals surface area contributed by atoms with Gasteiger partial charge in [-0.3, -0.25) is 7.05 Å². The Balaban J connectivity index is 0.00000181. The monoisotopic (exact) mass is 456 g/mol. The molecule has 0 heterocycles. The Labute approximate surface area is 212 Å². The predicted molar refractivity (Wildman–Crippen MR) is 132 cm³/mol. The minimum Gasteiger partial charge on any atom is -1.00 e. The molecule has 1 unspecified atom stereocenters. The van der Waals surface area contributed by atoms with Crippen molar-refractivity contribution in [3.05, 3.63) is 114 Å². The van der Waals surface area contributed by atoms with E-state index in [0.717, 1.165) is 16.8 Å². The number of fused-ring (bicyclic) bond motifs is 1. The van der Waals surface area contributed by atoms with Gasteiger partial charge < -0.3 is 22.2 Å². The number of hydrogen-bond donors (Lipinski definition) is 0. The van der Waals surface area contributed by atoms with Gasteiger partial charge in [0, 0.05) is 36.8 Å². The molecule has 0 bridgehead atoms. The quantitative estimate of drug-likeness (QED) is 0.258. The second kappa shape index (κ2) is 11.0. The van der Waals surface area contributed by atoms with Crippen LogP contribution in [0.3, 0.4) is 0 Å². The molecule has 0 aliphatic rings. The van der Waals surface area contributed by atoms with Gasteiger partial charge in [0.2, 0.25) is 0 Å². The van der Waals surface area contributed by atoms with Gasteiger partial charge in [0.05, 0.1) is 0 Å². The van der Waals surface area contributed by atoms with E-state index >= 15 is 0 Å². The number of nitrogens with zero attached hydrogens (tertiary/aromatic N) is 2. The number of halogens is 2. The molecule has 160 valence electrons. The van der Waals surface area contributed by atoms with Crippen molar-refractivity contribution in [2.45, 2.75) is 5.92 Å². The summed E-state index contributed by atoms with van der Waals surface area (Å²) in [5.41, 5.74) is 5.66. The number of anilines is 2. The maximum Gasteiger partial charge on any atom is 2.00 e. The predicted octanol–water partition coefficient (Wildman–Crippen LogP) is 3.08. The van der Waals surface area contributed by atoms with Crippen LogP contribution in [0, 0.1) is 12.9 Å². The van der Waals surface area contributed by atoms with Gasteiger partial charge in [0.15, 0.2) is 0 Å². The summed E-state index contributed by atoms with van der Waals surface area (Å²) in [5, 5.41) is 2.41. The van der Waals surface area contributed by atoms with Gasteiger partial charge in [-0.1, -0.05) is 54.6 Å².